The molecule has 3 nitrogen and oxygen atoms in total. The largest absolute Gasteiger partial charge is 0.379 e. The summed E-state index contributed by atoms with van der Waals surface area (Å²) in [7, 11) is 0. The molecule has 0 aliphatic carbocycles. The molecule has 0 saturated carbocycles. The Bertz CT molecular complexity index is 664. The van der Waals surface area contributed by atoms with Gasteiger partial charge in [-0.2, -0.15) is 5.06 Å². The monoisotopic (exact) mass is 329 g/mol. The molecule has 0 radical (unpaired) electrons. The molecule has 2 aromatic carbocycles. The van der Waals surface area contributed by atoms with E-state index in [1.807, 2.05) is 35.4 Å². The average Bonchev–Trinajstić information content (AvgIpc) is 2.61. The molecular formula is C20H24FNO2. The number of morpholine rings is 1. The number of hydrogen-bond acceptors (Lipinski definition) is 3. The van der Waals surface area contributed by atoms with Gasteiger partial charge in [0, 0.05) is 13.1 Å². The van der Waals surface area contributed by atoms with Crippen LogP contribution in [0.5, 0.6) is 0 Å². The zero-order valence-electron chi connectivity index (χ0n) is 14.3. The van der Waals surface area contributed by atoms with Gasteiger partial charge in [0.15, 0.2) is 0 Å². The minimum absolute atomic E-state index is 0.200. The second-order valence-corrected chi connectivity index (χ2v) is 6.40. The third kappa shape index (κ3) is 4.20. The van der Waals surface area contributed by atoms with Crippen molar-refractivity contribution in [1.82, 2.24) is 5.06 Å². The fourth-order valence-corrected chi connectivity index (χ4v) is 2.90. The van der Waals surface area contributed by atoms with Gasteiger partial charge >= 0.3 is 0 Å². The smallest absolute Gasteiger partial charge is 0.123 e. The molecule has 4 heteroatoms. The zero-order chi connectivity index (χ0) is 16.9. The van der Waals surface area contributed by atoms with Crippen molar-refractivity contribution in [2.45, 2.75) is 26.4 Å². The van der Waals surface area contributed by atoms with Crippen LogP contribution < -0.4 is 0 Å². The van der Waals surface area contributed by atoms with E-state index in [1.54, 1.807) is 6.07 Å². The van der Waals surface area contributed by atoms with Gasteiger partial charge in [-0.25, -0.2) is 4.39 Å². The summed E-state index contributed by atoms with van der Waals surface area (Å²) in [5, 5.41) is 1.95. The van der Waals surface area contributed by atoms with Gasteiger partial charge in [-0.05, 0) is 40.3 Å². The van der Waals surface area contributed by atoms with Crippen molar-refractivity contribution in [3.8, 4) is 11.1 Å². The van der Waals surface area contributed by atoms with E-state index in [4.69, 9.17) is 9.57 Å². The van der Waals surface area contributed by atoms with E-state index >= 15 is 0 Å². The molecule has 0 atom stereocenters. The highest BCUT2D eigenvalue weighted by molar-refractivity contribution is 5.68. The Morgan fingerprint density at radius 2 is 1.79 bits per heavy atom. The number of rotatable bonds is 5. The molecule has 1 aliphatic rings. The van der Waals surface area contributed by atoms with Crippen LogP contribution in [0.1, 0.15) is 30.9 Å². The molecule has 2 aromatic rings. The first-order valence-corrected chi connectivity index (χ1v) is 8.48. The van der Waals surface area contributed by atoms with Gasteiger partial charge in [-0.3, -0.25) is 4.84 Å². The highest BCUT2D eigenvalue weighted by Gasteiger charge is 2.12. The van der Waals surface area contributed by atoms with Crippen LogP contribution in [0, 0.1) is 5.82 Å². The van der Waals surface area contributed by atoms with E-state index in [9.17, 15) is 4.39 Å². The normalized spacial score (nSPS) is 15.8. The maximum Gasteiger partial charge on any atom is 0.123 e. The van der Waals surface area contributed by atoms with E-state index in [0.717, 1.165) is 48.6 Å². The Morgan fingerprint density at radius 1 is 1.08 bits per heavy atom. The molecule has 24 heavy (non-hydrogen) atoms. The van der Waals surface area contributed by atoms with Gasteiger partial charge in [0.05, 0.1) is 19.8 Å². The van der Waals surface area contributed by atoms with E-state index in [-0.39, 0.29) is 5.82 Å². The lowest BCUT2D eigenvalue weighted by atomic mass is 9.92. The van der Waals surface area contributed by atoms with Gasteiger partial charge < -0.3 is 4.74 Å². The molecule has 1 saturated heterocycles. The van der Waals surface area contributed by atoms with Gasteiger partial charge in [0.25, 0.3) is 0 Å². The zero-order valence-corrected chi connectivity index (χ0v) is 14.3. The average molecular weight is 329 g/mol. The Morgan fingerprint density at radius 3 is 2.46 bits per heavy atom. The lowest BCUT2D eigenvalue weighted by Gasteiger charge is -2.25. The first-order chi connectivity index (χ1) is 11.6. The summed E-state index contributed by atoms with van der Waals surface area (Å²) in [6.45, 7) is 7.84. The number of nitrogens with zero attached hydrogens (tertiary/aromatic N) is 1. The van der Waals surface area contributed by atoms with Gasteiger partial charge in [0.1, 0.15) is 5.82 Å². The number of hydroxylamine groups is 2. The summed E-state index contributed by atoms with van der Waals surface area (Å²) in [6, 6.07) is 13.2. The molecule has 1 heterocycles. The topological polar surface area (TPSA) is 21.7 Å². The second-order valence-electron chi connectivity index (χ2n) is 6.40. The first kappa shape index (κ1) is 17.1. The molecular weight excluding hydrogens is 305 g/mol. The van der Waals surface area contributed by atoms with Gasteiger partial charge in [-0.1, -0.05) is 44.2 Å². The van der Waals surface area contributed by atoms with E-state index in [1.165, 1.54) is 6.07 Å². The molecule has 0 unspecified atom stereocenters. The SMILES string of the molecule is CC(C)c1ccc(F)cc1-c1ccc(CON2CCOCC2)cc1. The minimum Gasteiger partial charge on any atom is -0.379 e. The van der Waals surface area contributed by atoms with E-state index < -0.39 is 0 Å². The summed E-state index contributed by atoms with van der Waals surface area (Å²) >= 11 is 0. The Kier molecular flexibility index (Phi) is 5.61. The van der Waals surface area contributed by atoms with E-state index in [2.05, 4.69) is 13.8 Å². The minimum atomic E-state index is -0.200. The van der Waals surface area contributed by atoms with Crippen LogP contribution in [0.4, 0.5) is 4.39 Å². The van der Waals surface area contributed by atoms with Crippen LogP contribution in [-0.2, 0) is 16.2 Å². The molecule has 0 N–H and O–H groups in total. The van der Waals surface area contributed by atoms with Crippen LogP contribution in [-0.4, -0.2) is 31.4 Å². The van der Waals surface area contributed by atoms with E-state index in [0.29, 0.717) is 12.5 Å². The summed E-state index contributed by atoms with van der Waals surface area (Å²) < 4.78 is 19.0. The third-order valence-electron chi connectivity index (χ3n) is 4.29. The molecule has 1 fully saturated rings. The highest BCUT2D eigenvalue weighted by atomic mass is 19.1. The molecule has 0 bridgehead atoms. The van der Waals surface area contributed by atoms with Gasteiger partial charge in [-0.15, -0.1) is 0 Å². The predicted octanol–water partition coefficient (Wildman–Crippen LogP) is 4.38. The van der Waals surface area contributed by atoms with Crippen molar-refractivity contribution in [1.29, 1.82) is 0 Å². The van der Waals surface area contributed by atoms with Crippen LogP contribution in [0.3, 0.4) is 0 Å². The summed E-state index contributed by atoms with van der Waals surface area (Å²) in [5.41, 5.74) is 4.26. The van der Waals surface area contributed by atoms with Gasteiger partial charge in [0.2, 0.25) is 0 Å². The summed E-state index contributed by atoms with van der Waals surface area (Å²) in [4.78, 5) is 5.79. The maximum absolute atomic E-state index is 13.7. The number of ether oxygens (including phenoxy) is 1. The van der Waals surface area contributed by atoms with Crippen LogP contribution in [0.25, 0.3) is 11.1 Å². The highest BCUT2D eigenvalue weighted by Crippen LogP contribution is 2.30. The molecule has 0 spiro atoms. The van der Waals surface area contributed by atoms with Crippen molar-refractivity contribution >= 4 is 0 Å². The Hall–Kier alpha value is -1.75. The number of benzene rings is 2. The second kappa shape index (κ2) is 7.88. The number of halogens is 1. The predicted molar refractivity (Wildman–Crippen MR) is 93.1 cm³/mol. The molecule has 1 aliphatic heterocycles. The van der Waals surface area contributed by atoms with Crippen molar-refractivity contribution in [2.75, 3.05) is 26.3 Å². The fourth-order valence-electron chi connectivity index (χ4n) is 2.90. The van der Waals surface area contributed by atoms with Crippen LogP contribution >= 0.6 is 0 Å². The quantitative estimate of drug-likeness (QED) is 0.812. The van der Waals surface area contributed by atoms with Crippen molar-refractivity contribution in [2.24, 2.45) is 0 Å². The third-order valence-corrected chi connectivity index (χ3v) is 4.29. The lowest BCUT2D eigenvalue weighted by Crippen LogP contribution is -2.36. The fraction of sp³-hybridized carbons (Fsp3) is 0.400. The first-order valence-electron chi connectivity index (χ1n) is 8.48. The lowest BCUT2D eigenvalue weighted by molar-refractivity contribution is -0.202. The Balaban J connectivity index is 1.71. The van der Waals surface area contributed by atoms with Crippen LogP contribution in [0.15, 0.2) is 42.5 Å². The van der Waals surface area contributed by atoms with Crippen molar-refractivity contribution in [3.63, 3.8) is 0 Å². The summed E-state index contributed by atoms with van der Waals surface area (Å²) in [5.74, 6) is 0.152. The standard InChI is InChI=1S/C20H24FNO2/c1-15(2)19-8-7-18(21)13-20(19)17-5-3-16(4-6-17)14-24-22-9-11-23-12-10-22/h3-8,13,15H,9-12,14H2,1-2H3. The molecule has 3 rings (SSSR count). The van der Waals surface area contributed by atoms with Crippen molar-refractivity contribution in [3.05, 3.63) is 59.4 Å². The molecule has 0 amide bonds. The van der Waals surface area contributed by atoms with Crippen molar-refractivity contribution < 1.29 is 14.0 Å². The number of hydrogen-bond donors (Lipinski definition) is 0. The van der Waals surface area contributed by atoms with Crippen LogP contribution in [0.2, 0.25) is 0 Å². The molecule has 0 aromatic heterocycles. The molecule has 128 valence electrons. The maximum atomic E-state index is 13.7. The summed E-state index contributed by atoms with van der Waals surface area (Å²) in [6.07, 6.45) is 0. The Labute approximate surface area is 143 Å².